The molecule has 1 aromatic carbocycles. The Morgan fingerprint density at radius 1 is 1.11 bits per heavy atom. The van der Waals surface area contributed by atoms with Crippen molar-refractivity contribution >= 4 is 29.0 Å². The first kappa shape index (κ1) is 19.4. The van der Waals surface area contributed by atoms with Crippen molar-refractivity contribution in [2.45, 2.75) is 6.54 Å². The Kier molecular flexibility index (Phi) is 6.23. The highest BCUT2D eigenvalue weighted by Gasteiger charge is 2.15. The number of carbonyl (C=O) groups excluding carboxylic acids is 1. The Balaban J connectivity index is 1.68. The minimum atomic E-state index is -0.436. The summed E-state index contributed by atoms with van der Waals surface area (Å²) < 4.78 is 10.4. The Morgan fingerprint density at radius 3 is 2.57 bits per heavy atom. The normalized spacial score (nSPS) is 10.2. The molecular formula is C19H18ClN5O3. The average molecular weight is 400 g/mol. The fourth-order valence-corrected chi connectivity index (χ4v) is 2.62. The molecule has 0 fully saturated rings. The molecule has 28 heavy (non-hydrogen) atoms. The maximum absolute atomic E-state index is 12.5. The smallest absolute Gasteiger partial charge is 0.276 e. The summed E-state index contributed by atoms with van der Waals surface area (Å²) in [5, 5.41) is 14.2. The van der Waals surface area contributed by atoms with Crippen molar-refractivity contribution < 1.29 is 14.3 Å². The van der Waals surface area contributed by atoms with Crippen LogP contribution in [-0.2, 0) is 6.54 Å². The molecule has 8 nitrogen and oxygen atoms in total. The second-order valence-electron chi connectivity index (χ2n) is 5.66. The Bertz CT molecular complexity index is 952. The van der Waals surface area contributed by atoms with Crippen molar-refractivity contribution in [1.29, 1.82) is 0 Å². The molecule has 0 aliphatic rings. The van der Waals surface area contributed by atoms with Crippen molar-refractivity contribution in [3.63, 3.8) is 0 Å². The number of halogens is 1. The van der Waals surface area contributed by atoms with Crippen molar-refractivity contribution in [3.8, 4) is 11.5 Å². The van der Waals surface area contributed by atoms with Crippen LogP contribution in [0.4, 0.5) is 11.5 Å². The third kappa shape index (κ3) is 4.66. The lowest BCUT2D eigenvalue weighted by Crippen LogP contribution is -2.15. The number of hydrogen-bond donors (Lipinski definition) is 2. The molecule has 0 saturated heterocycles. The summed E-state index contributed by atoms with van der Waals surface area (Å²) in [6.45, 7) is 0.551. The van der Waals surface area contributed by atoms with E-state index in [4.69, 9.17) is 21.1 Å². The number of aromatic nitrogens is 3. The zero-order valence-electron chi connectivity index (χ0n) is 15.3. The fraction of sp³-hybridized carbons (Fsp3) is 0.158. The number of methoxy groups -OCH3 is 2. The third-order valence-electron chi connectivity index (χ3n) is 3.82. The second kappa shape index (κ2) is 9.01. The van der Waals surface area contributed by atoms with Gasteiger partial charge in [0, 0.05) is 31.1 Å². The van der Waals surface area contributed by atoms with E-state index in [0.717, 1.165) is 5.56 Å². The highest BCUT2D eigenvalue weighted by Crippen LogP contribution is 2.36. The van der Waals surface area contributed by atoms with Gasteiger partial charge in [0.15, 0.2) is 5.69 Å². The van der Waals surface area contributed by atoms with E-state index in [0.29, 0.717) is 34.6 Å². The van der Waals surface area contributed by atoms with E-state index in [2.05, 4.69) is 25.8 Å². The Hall–Kier alpha value is -3.39. The van der Waals surface area contributed by atoms with Crippen molar-refractivity contribution in [1.82, 2.24) is 15.2 Å². The molecule has 2 heterocycles. The lowest BCUT2D eigenvalue weighted by atomic mass is 10.2. The van der Waals surface area contributed by atoms with Gasteiger partial charge in [0.25, 0.3) is 5.91 Å². The van der Waals surface area contributed by atoms with Crippen LogP contribution >= 0.6 is 11.6 Å². The number of pyridine rings is 1. The van der Waals surface area contributed by atoms with Crippen LogP contribution in [0.2, 0.25) is 5.02 Å². The summed E-state index contributed by atoms with van der Waals surface area (Å²) in [6.07, 6.45) is 3.47. The van der Waals surface area contributed by atoms with Gasteiger partial charge in [-0.2, -0.15) is 0 Å². The number of rotatable bonds is 7. The van der Waals surface area contributed by atoms with Gasteiger partial charge in [-0.15, -0.1) is 10.2 Å². The van der Waals surface area contributed by atoms with E-state index in [1.807, 2.05) is 12.1 Å². The largest absolute Gasteiger partial charge is 0.495 e. The van der Waals surface area contributed by atoms with Crippen molar-refractivity contribution in [2.24, 2.45) is 0 Å². The van der Waals surface area contributed by atoms with Gasteiger partial charge in [0.2, 0.25) is 0 Å². The molecular weight excluding hydrogens is 382 g/mol. The number of ether oxygens (including phenoxy) is 2. The van der Waals surface area contributed by atoms with Gasteiger partial charge >= 0.3 is 0 Å². The number of hydrogen-bond acceptors (Lipinski definition) is 7. The van der Waals surface area contributed by atoms with Gasteiger partial charge in [-0.05, 0) is 23.8 Å². The summed E-state index contributed by atoms with van der Waals surface area (Å²) >= 11 is 6.07. The molecule has 2 aromatic heterocycles. The topological polar surface area (TPSA) is 98.3 Å². The average Bonchev–Trinajstić information content (AvgIpc) is 2.74. The van der Waals surface area contributed by atoms with E-state index in [1.165, 1.54) is 14.2 Å². The van der Waals surface area contributed by atoms with Gasteiger partial charge in [0.1, 0.15) is 17.3 Å². The minimum Gasteiger partial charge on any atom is -0.495 e. The Labute approximate surface area is 166 Å². The summed E-state index contributed by atoms with van der Waals surface area (Å²) in [7, 11) is 2.97. The molecule has 0 saturated carbocycles. The SMILES string of the molecule is COc1cc(NC(=O)c2ccc(NCc3cccnc3)nn2)c(OC)cc1Cl. The highest BCUT2D eigenvalue weighted by molar-refractivity contribution is 6.32. The first-order chi connectivity index (χ1) is 13.6. The van der Waals surface area contributed by atoms with Gasteiger partial charge in [-0.1, -0.05) is 17.7 Å². The molecule has 3 aromatic rings. The zero-order valence-corrected chi connectivity index (χ0v) is 16.0. The maximum atomic E-state index is 12.5. The molecule has 144 valence electrons. The number of nitrogens with one attached hydrogen (secondary N) is 2. The number of benzene rings is 1. The van der Waals surface area contributed by atoms with Crippen LogP contribution in [0.3, 0.4) is 0 Å². The van der Waals surface area contributed by atoms with Crippen molar-refractivity contribution in [2.75, 3.05) is 24.9 Å². The highest BCUT2D eigenvalue weighted by atomic mass is 35.5. The maximum Gasteiger partial charge on any atom is 0.276 e. The lowest BCUT2D eigenvalue weighted by molar-refractivity contribution is 0.102. The molecule has 0 bridgehead atoms. The van der Waals surface area contributed by atoms with Crippen LogP contribution in [0.1, 0.15) is 16.1 Å². The number of anilines is 2. The predicted molar refractivity (Wildman–Crippen MR) is 106 cm³/mol. The molecule has 2 N–H and O–H groups in total. The van der Waals surface area contributed by atoms with Crippen LogP contribution in [0.15, 0.2) is 48.8 Å². The molecule has 3 rings (SSSR count). The first-order valence-electron chi connectivity index (χ1n) is 8.30. The quantitative estimate of drug-likeness (QED) is 0.628. The van der Waals surface area contributed by atoms with Gasteiger partial charge in [0.05, 0.1) is 24.9 Å². The van der Waals surface area contributed by atoms with Gasteiger partial charge < -0.3 is 20.1 Å². The van der Waals surface area contributed by atoms with Crippen LogP contribution in [-0.4, -0.2) is 35.3 Å². The zero-order chi connectivity index (χ0) is 19.9. The molecule has 1 amide bonds. The number of nitrogens with zero attached hydrogens (tertiary/aromatic N) is 3. The Morgan fingerprint density at radius 2 is 1.93 bits per heavy atom. The number of carbonyl (C=O) groups is 1. The van der Waals surface area contributed by atoms with E-state index in [9.17, 15) is 4.79 Å². The second-order valence-corrected chi connectivity index (χ2v) is 6.07. The fourth-order valence-electron chi connectivity index (χ4n) is 2.39. The molecule has 0 spiro atoms. The summed E-state index contributed by atoms with van der Waals surface area (Å²) in [5.74, 6) is 0.931. The summed E-state index contributed by atoms with van der Waals surface area (Å²) in [6, 6.07) is 10.2. The first-order valence-corrected chi connectivity index (χ1v) is 8.68. The molecule has 0 aliphatic carbocycles. The monoisotopic (exact) mass is 399 g/mol. The summed E-state index contributed by atoms with van der Waals surface area (Å²) in [4.78, 5) is 16.5. The van der Waals surface area contributed by atoms with E-state index in [-0.39, 0.29) is 5.69 Å². The van der Waals surface area contributed by atoms with Crippen LogP contribution < -0.4 is 20.1 Å². The molecule has 0 unspecified atom stereocenters. The molecule has 0 atom stereocenters. The van der Waals surface area contributed by atoms with Gasteiger partial charge in [-0.25, -0.2) is 0 Å². The predicted octanol–water partition coefficient (Wildman–Crippen LogP) is 3.41. The molecule has 0 aliphatic heterocycles. The standard InChI is InChI=1S/C19H18ClN5O3/c1-27-16-9-15(17(28-2)8-13(16)20)23-19(26)14-5-6-18(25-24-14)22-11-12-4-3-7-21-10-12/h3-10H,11H2,1-2H3,(H,22,25)(H,23,26). The molecule has 9 heteroatoms. The summed E-state index contributed by atoms with van der Waals surface area (Å²) in [5.41, 5.74) is 1.58. The van der Waals surface area contributed by atoms with E-state index >= 15 is 0 Å². The van der Waals surface area contributed by atoms with Crippen LogP contribution in [0, 0.1) is 0 Å². The van der Waals surface area contributed by atoms with Gasteiger partial charge in [-0.3, -0.25) is 9.78 Å². The third-order valence-corrected chi connectivity index (χ3v) is 4.11. The van der Waals surface area contributed by atoms with E-state index in [1.54, 1.807) is 36.7 Å². The number of amides is 1. The molecule has 0 radical (unpaired) electrons. The minimum absolute atomic E-state index is 0.155. The van der Waals surface area contributed by atoms with Crippen LogP contribution in [0.5, 0.6) is 11.5 Å². The van der Waals surface area contributed by atoms with E-state index < -0.39 is 5.91 Å². The lowest BCUT2D eigenvalue weighted by Gasteiger charge is -2.13. The van der Waals surface area contributed by atoms with Crippen molar-refractivity contribution in [3.05, 3.63) is 65.1 Å². The van der Waals surface area contributed by atoms with Crippen LogP contribution in [0.25, 0.3) is 0 Å².